The van der Waals surface area contributed by atoms with Gasteiger partial charge in [0.15, 0.2) is 0 Å². The Kier molecular flexibility index (Phi) is 5.48. The van der Waals surface area contributed by atoms with Crippen molar-refractivity contribution >= 4 is 17.5 Å². The van der Waals surface area contributed by atoms with Crippen LogP contribution in [0.2, 0.25) is 5.02 Å². The normalized spacial score (nSPS) is 13.8. The zero-order chi connectivity index (χ0) is 16.9. The molecule has 0 radical (unpaired) electrons. The van der Waals surface area contributed by atoms with Gasteiger partial charge >= 0.3 is 0 Å². The largest absolute Gasteiger partial charge is 0.367 e. The predicted octanol–water partition coefficient (Wildman–Crippen LogP) is 4.19. The number of rotatable bonds is 7. The lowest BCUT2D eigenvalue weighted by molar-refractivity contribution is -0.137. The van der Waals surface area contributed by atoms with Crippen molar-refractivity contribution in [2.24, 2.45) is 0 Å². The lowest BCUT2D eigenvalue weighted by atomic mass is 10.2. The van der Waals surface area contributed by atoms with E-state index in [0.717, 1.165) is 18.4 Å². The summed E-state index contributed by atoms with van der Waals surface area (Å²) in [6, 6.07) is 14.4. The van der Waals surface area contributed by atoms with Crippen molar-refractivity contribution in [1.29, 1.82) is 0 Å². The van der Waals surface area contributed by atoms with Crippen molar-refractivity contribution in [2.45, 2.75) is 32.0 Å². The Bertz CT molecular complexity index is 684. The average Bonchev–Trinajstić information content (AvgIpc) is 3.40. The van der Waals surface area contributed by atoms with E-state index >= 15 is 0 Å². The first-order chi connectivity index (χ1) is 11.6. The van der Waals surface area contributed by atoms with Gasteiger partial charge in [-0.2, -0.15) is 0 Å². The van der Waals surface area contributed by atoms with Crippen LogP contribution in [0, 0.1) is 5.82 Å². The number of ether oxygens (including phenoxy) is 1. The molecule has 1 fully saturated rings. The first-order valence-corrected chi connectivity index (χ1v) is 8.37. The van der Waals surface area contributed by atoms with E-state index in [1.165, 1.54) is 6.07 Å². The maximum Gasteiger partial charge on any atom is 0.249 e. The molecule has 0 N–H and O–H groups in total. The van der Waals surface area contributed by atoms with Crippen LogP contribution in [0.4, 0.5) is 4.39 Å². The highest BCUT2D eigenvalue weighted by molar-refractivity contribution is 6.31. The molecule has 0 heterocycles. The van der Waals surface area contributed by atoms with Crippen LogP contribution in [0.3, 0.4) is 0 Å². The van der Waals surface area contributed by atoms with Crippen LogP contribution < -0.4 is 0 Å². The summed E-state index contributed by atoms with van der Waals surface area (Å²) in [6.07, 6.45) is 1.88. The van der Waals surface area contributed by atoms with Crippen LogP contribution in [-0.4, -0.2) is 23.5 Å². The van der Waals surface area contributed by atoms with E-state index in [4.69, 9.17) is 16.3 Å². The summed E-state index contributed by atoms with van der Waals surface area (Å²) < 4.78 is 19.5. The van der Waals surface area contributed by atoms with Crippen LogP contribution in [0.15, 0.2) is 48.5 Å². The number of carbonyl (C=O) groups is 1. The molecule has 0 spiro atoms. The van der Waals surface area contributed by atoms with Crippen molar-refractivity contribution in [3.63, 3.8) is 0 Å². The van der Waals surface area contributed by atoms with Crippen molar-refractivity contribution in [1.82, 2.24) is 4.90 Å². The summed E-state index contributed by atoms with van der Waals surface area (Å²) >= 11 is 6.08. The zero-order valence-corrected chi connectivity index (χ0v) is 14.0. The number of nitrogens with zero attached hydrogens (tertiary/aromatic N) is 1. The van der Waals surface area contributed by atoms with E-state index in [2.05, 4.69) is 0 Å². The van der Waals surface area contributed by atoms with Crippen molar-refractivity contribution in [3.8, 4) is 0 Å². The van der Waals surface area contributed by atoms with Gasteiger partial charge in [-0.05, 0) is 30.5 Å². The molecule has 3 rings (SSSR count). The van der Waals surface area contributed by atoms with Gasteiger partial charge in [0, 0.05) is 16.6 Å². The summed E-state index contributed by atoms with van der Waals surface area (Å²) in [5, 5.41) is 0.346. The molecule has 1 aliphatic rings. The molecule has 3 nitrogen and oxygen atoms in total. The molecule has 126 valence electrons. The van der Waals surface area contributed by atoms with Gasteiger partial charge in [0.2, 0.25) is 5.91 Å². The van der Waals surface area contributed by atoms with Gasteiger partial charge in [-0.3, -0.25) is 4.79 Å². The first-order valence-electron chi connectivity index (χ1n) is 7.99. The molecule has 0 atom stereocenters. The maximum absolute atomic E-state index is 14.0. The van der Waals surface area contributed by atoms with Crippen molar-refractivity contribution in [2.75, 3.05) is 6.61 Å². The van der Waals surface area contributed by atoms with E-state index in [0.29, 0.717) is 17.2 Å². The van der Waals surface area contributed by atoms with Crippen LogP contribution >= 0.6 is 11.6 Å². The second-order valence-electron chi connectivity index (χ2n) is 5.93. The number of amides is 1. The Morgan fingerprint density at radius 2 is 1.92 bits per heavy atom. The van der Waals surface area contributed by atoms with E-state index in [1.54, 1.807) is 17.0 Å². The second-order valence-corrected chi connectivity index (χ2v) is 6.34. The number of halogens is 2. The summed E-state index contributed by atoms with van der Waals surface area (Å²) in [6.45, 7) is 0.548. The summed E-state index contributed by atoms with van der Waals surface area (Å²) in [4.78, 5) is 14.2. The highest BCUT2D eigenvalue weighted by atomic mass is 35.5. The average molecular weight is 348 g/mol. The van der Waals surface area contributed by atoms with Crippen molar-refractivity contribution in [3.05, 3.63) is 70.5 Å². The number of carbonyl (C=O) groups excluding carboxylic acids is 1. The number of benzene rings is 2. The minimum atomic E-state index is -0.383. The van der Waals surface area contributed by atoms with Crippen LogP contribution in [0.1, 0.15) is 24.0 Å². The molecule has 1 amide bonds. The fourth-order valence-corrected chi connectivity index (χ4v) is 2.80. The highest BCUT2D eigenvalue weighted by Gasteiger charge is 2.33. The van der Waals surface area contributed by atoms with E-state index in [9.17, 15) is 9.18 Å². The molecule has 1 saturated carbocycles. The topological polar surface area (TPSA) is 29.5 Å². The lowest BCUT2D eigenvalue weighted by Crippen LogP contribution is -2.35. The van der Waals surface area contributed by atoms with Crippen LogP contribution in [-0.2, 0) is 22.7 Å². The zero-order valence-electron chi connectivity index (χ0n) is 13.3. The number of hydrogen-bond donors (Lipinski definition) is 0. The Morgan fingerprint density at radius 3 is 2.58 bits per heavy atom. The minimum Gasteiger partial charge on any atom is -0.367 e. The quantitative estimate of drug-likeness (QED) is 0.751. The van der Waals surface area contributed by atoms with E-state index in [1.807, 2.05) is 30.3 Å². The Hall–Kier alpha value is -1.91. The fourth-order valence-electron chi connectivity index (χ4n) is 2.57. The molecule has 2 aromatic rings. The molecule has 5 heteroatoms. The van der Waals surface area contributed by atoms with Gasteiger partial charge in [0.05, 0.1) is 13.2 Å². The number of hydrogen-bond acceptors (Lipinski definition) is 2. The monoisotopic (exact) mass is 347 g/mol. The molecule has 0 aromatic heterocycles. The summed E-state index contributed by atoms with van der Waals surface area (Å²) in [7, 11) is 0. The van der Waals surface area contributed by atoms with E-state index < -0.39 is 0 Å². The van der Waals surface area contributed by atoms with Gasteiger partial charge in [-0.1, -0.05) is 48.0 Å². The fraction of sp³-hybridized carbons (Fsp3) is 0.316. The molecule has 0 bridgehead atoms. The van der Waals surface area contributed by atoms with Gasteiger partial charge < -0.3 is 9.64 Å². The first kappa shape index (κ1) is 16.9. The SMILES string of the molecule is O=C(COCc1ccccc1)N(Cc1c(F)cccc1Cl)C1CC1. The maximum atomic E-state index is 14.0. The molecule has 2 aromatic carbocycles. The molecule has 0 unspecified atom stereocenters. The molecular formula is C19H19ClFNO2. The Balaban J connectivity index is 1.60. The van der Waals surface area contributed by atoms with Crippen molar-refractivity contribution < 1.29 is 13.9 Å². The molecule has 1 aliphatic carbocycles. The third-order valence-electron chi connectivity index (χ3n) is 4.04. The Labute approximate surface area is 146 Å². The molecule has 0 saturated heterocycles. The smallest absolute Gasteiger partial charge is 0.249 e. The standard InChI is InChI=1S/C19H19ClFNO2/c20-17-7-4-8-18(21)16(17)11-22(15-9-10-15)19(23)13-24-12-14-5-2-1-3-6-14/h1-8,15H,9-13H2. The predicted molar refractivity (Wildman–Crippen MR) is 91.1 cm³/mol. The lowest BCUT2D eigenvalue weighted by Gasteiger charge is -2.23. The molecule has 24 heavy (non-hydrogen) atoms. The van der Waals surface area contributed by atoms with Gasteiger partial charge in [0.25, 0.3) is 0 Å². The van der Waals surface area contributed by atoms with Gasteiger partial charge in [-0.25, -0.2) is 4.39 Å². The van der Waals surface area contributed by atoms with Gasteiger partial charge in [0.1, 0.15) is 12.4 Å². The third kappa shape index (κ3) is 4.34. The van der Waals surface area contributed by atoms with Crippen LogP contribution in [0.25, 0.3) is 0 Å². The Morgan fingerprint density at radius 1 is 1.17 bits per heavy atom. The molecular weight excluding hydrogens is 329 g/mol. The molecule has 0 aliphatic heterocycles. The summed E-state index contributed by atoms with van der Waals surface area (Å²) in [5.74, 6) is -0.515. The second kappa shape index (κ2) is 7.77. The minimum absolute atomic E-state index is 0.0164. The summed E-state index contributed by atoms with van der Waals surface area (Å²) in [5.41, 5.74) is 1.38. The third-order valence-corrected chi connectivity index (χ3v) is 4.39. The van der Waals surface area contributed by atoms with Gasteiger partial charge in [-0.15, -0.1) is 0 Å². The highest BCUT2D eigenvalue weighted by Crippen LogP contribution is 2.30. The van der Waals surface area contributed by atoms with Crippen LogP contribution in [0.5, 0.6) is 0 Å². The van der Waals surface area contributed by atoms with E-state index in [-0.39, 0.29) is 30.9 Å².